The zero-order valence-electron chi connectivity index (χ0n) is 11.6. The van der Waals surface area contributed by atoms with Crippen LogP contribution in [0.1, 0.15) is 18.4 Å². The predicted octanol–water partition coefficient (Wildman–Crippen LogP) is 2.93. The molecule has 22 heavy (non-hydrogen) atoms. The molecular formula is C15H14F3NO3. The van der Waals surface area contributed by atoms with Crippen molar-refractivity contribution in [1.82, 2.24) is 0 Å². The average molecular weight is 313 g/mol. The van der Waals surface area contributed by atoms with Crippen molar-refractivity contribution in [2.75, 3.05) is 18.1 Å². The van der Waals surface area contributed by atoms with Crippen LogP contribution in [0.15, 0.2) is 30.3 Å². The van der Waals surface area contributed by atoms with Crippen molar-refractivity contribution < 1.29 is 27.5 Å². The quantitative estimate of drug-likeness (QED) is 0.634. The van der Waals surface area contributed by atoms with Gasteiger partial charge in [-0.05, 0) is 30.2 Å². The number of alkyl halides is 3. The van der Waals surface area contributed by atoms with E-state index < -0.39 is 18.8 Å². The lowest BCUT2D eigenvalue weighted by Gasteiger charge is -2.15. The lowest BCUT2D eigenvalue weighted by atomic mass is 10.2. The molecule has 0 aromatic heterocycles. The zero-order valence-corrected chi connectivity index (χ0v) is 11.6. The number of amides is 1. The molecule has 1 fully saturated rings. The van der Waals surface area contributed by atoms with E-state index in [0.29, 0.717) is 18.5 Å². The topological polar surface area (TPSA) is 46.6 Å². The number of carbonyl (C=O) groups excluding carboxylic acids is 2. The first kappa shape index (κ1) is 16.1. The number of ether oxygens (including phenoxy) is 1. The van der Waals surface area contributed by atoms with Gasteiger partial charge in [0.2, 0.25) is 5.91 Å². The van der Waals surface area contributed by atoms with Crippen molar-refractivity contribution in [1.29, 1.82) is 0 Å². The average Bonchev–Trinajstić information content (AvgIpc) is 2.89. The van der Waals surface area contributed by atoms with Crippen LogP contribution in [0.2, 0.25) is 0 Å². The minimum Gasteiger partial charge on any atom is -0.453 e. The van der Waals surface area contributed by atoms with Gasteiger partial charge in [0.15, 0.2) is 6.61 Å². The summed E-state index contributed by atoms with van der Waals surface area (Å²) in [5.41, 5.74) is 1.39. The van der Waals surface area contributed by atoms with Crippen LogP contribution in [0.4, 0.5) is 18.9 Å². The maximum absolute atomic E-state index is 11.9. The Labute approximate surface area is 125 Å². The highest BCUT2D eigenvalue weighted by Crippen LogP contribution is 2.22. The number of benzene rings is 1. The van der Waals surface area contributed by atoms with E-state index in [9.17, 15) is 22.8 Å². The van der Waals surface area contributed by atoms with Gasteiger partial charge in [-0.3, -0.25) is 4.79 Å². The second-order valence-electron chi connectivity index (χ2n) is 4.80. The van der Waals surface area contributed by atoms with Crippen molar-refractivity contribution in [2.24, 2.45) is 0 Å². The molecule has 1 aliphatic heterocycles. The van der Waals surface area contributed by atoms with E-state index in [-0.39, 0.29) is 5.91 Å². The van der Waals surface area contributed by atoms with E-state index in [0.717, 1.165) is 18.2 Å². The van der Waals surface area contributed by atoms with Crippen LogP contribution in [0, 0.1) is 0 Å². The molecule has 0 radical (unpaired) electrons. The van der Waals surface area contributed by atoms with E-state index >= 15 is 0 Å². The molecule has 1 saturated heterocycles. The van der Waals surface area contributed by atoms with Crippen LogP contribution < -0.4 is 4.90 Å². The van der Waals surface area contributed by atoms with Crippen LogP contribution in [0.3, 0.4) is 0 Å². The number of nitrogens with zero attached hydrogens (tertiary/aromatic N) is 1. The Hall–Kier alpha value is -2.31. The fraction of sp³-hybridized carbons (Fsp3) is 0.333. The minimum absolute atomic E-state index is 0.0685. The number of carbonyl (C=O) groups is 2. The first-order valence-electron chi connectivity index (χ1n) is 6.67. The minimum atomic E-state index is -4.53. The highest BCUT2D eigenvalue weighted by atomic mass is 19.4. The Bertz CT molecular complexity index is 579. The molecule has 0 N–H and O–H groups in total. The fourth-order valence-electron chi connectivity index (χ4n) is 2.05. The lowest BCUT2D eigenvalue weighted by Crippen LogP contribution is -2.23. The normalized spacial score (nSPS) is 15.6. The molecule has 1 aromatic rings. The van der Waals surface area contributed by atoms with Crippen LogP contribution in [-0.2, 0) is 14.3 Å². The summed E-state index contributed by atoms with van der Waals surface area (Å²) in [5, 5.41) is 0. The van der Waals surface area contributed by atoms with Crippen molar-refractivity contribution in [3.8, 4) is 0 Å². The Balaban J connectivity index is 1.92. The second-order valence-corrected chi connectivity index (χ2v) is 4.80. The van der Waals surface area contributed by atoms with Gasteiger partial charge in [0.05, 0.1) is 0 Å². The third-order valence-corrected chi connectivity index (χ3v) is 3.07. The van der Waals surface area contributed by atoms with Gasteiger partial charge < -0.3 is 9.64 Å². The molecule has 0 unspecified atom stereocenters. The standard InChI is InChI=1S/C15H14F3NO3/c16-15(17,18)10-22-14(21)8-5-11-3-6-12(7-4-11)19-9-1-2-13(19)20/h3-8H,1-2,9-10H2/b8-5+. The molecule has 0 saturated carbocycles. The zero-order chi connectivity index (χ0) is 16.2. The third kappa shape index (κ3) is 4.61. The Morgan fingerprint density at radius 1 is 1.27 bits per heavy atom. The van der Waals surface area contributed by atoms with E-state index in [1.54, 1.807) is 29.2 Å². The SMILES string of the molecule is O=C(/C=C/c1ccc(N2CCCC2=O)cc1)OCC(F)(F)F. The first-order chi connectivity index (χ1) is 10.3. The highest BCUT2D eigenvalue weighted by Gasteiger charge is 2.29. The molecule has 2 rings (SSSR count). The Kier molecular flexibility index (Phi) is 4.85. The van der Waals surface area contributed by atoms with Gasteiger partial charge in [0.1, 0.15) is 0 Å². The molecule has 1 aliphatic rings. The van der Waals surface area contributed by atoms with Crippen LogP contribution in [-0.4, -0.2) is 31.2 Å². The summed E-state index contributed by atoms with van der Waals surface area (Å²) < 4.78 is 39.7. The summed E-state index contributed by atoms with van der Waals surface area (Å²) in [5.74, 6) is -0.991. The molecule has 1 heterocycles. The van der Waals surface area contributed by atoms with Crippen LogP contribution in [0.25, 0.3) is 6.08 Å². The van der Waals surface area contributed by atoms with Gasteiger partial charge in [-0.2, -0.15) is 13.2 Å². The van der Waals surface area contributed by atoms with Gasteiger partial charge in [-0.15, -0.1) is 0 Å². The first-order valence-corrected chi connectivity index (χ1v) is 6.67. The summed E-state index contributed by atoms with van der Waals surface area (Å²) in [6, 6.07) is 6.80. The molecule has 1 aromatic carbocycles. The van der Waals surface area contributed by atoms with Gasteiger partial charge in [0, 0.05) is 24.7 Å². The molecule has 0 spiro atoms. The Morgan fingerprint density at radius 3 is 2.50 bits per heavy atom. The summed E-state index contributed by atoms with van der Waals surface area (Å²) in [4.78, 5) is 24.4. The van der Waals surface area contributed by atoms with Crippen molar-refractivity contribution in [2.45, 2.75) is 19.0 Å². The molecule has 4 nitrogen and oxygen atoms in total. The van der Waals surface area contributed by atoms with Gasteiger partial charge in [-0.1, -0.05) is 12.1 Å². The third-order valence-electron chi connectivity index (χ3n) is 3.07. The second kappa shape index (κ2) is 6.64. The summed E-state index contributed by atoms with van der Waals surface area (Å²) in [6.07, 6.45) is -0.887. The fourth-order valence-corrected chi connectivity index (χ4v) is 2.05. The van der Waals surface area contributed by atoms with E-state index in [2.05, 4.69) is 4.74 Å². The maximum atomic E-state index is 11.9. The molecule has 0 bridgehead atoms. The monoisotopic (exact) mass is 313 g/mol. The number of hydrogen-bond donors (Lipinski definition) is 0. The number of esters is 1. The lowest BCUT2D eigenvalue weighted by molar-refractivity contribution is -0.182. The number of halogens is 3. The van der Waals surface area contributed by atoms with E-state index in [1.807, 2.05) is 0 Å². The number of anilines is 1. The van der Waals surface area contributed by atoms with E-state index in [4.69, 9.17) is 0 Å². The van der Waals surface area contributed by atoms with Crippen molar-refractivity contribution in [3.05, 3.63) is 35.9 Å². The van der Waals surface area contributed by atoms with Gasteiger partial charge >= 0.3 is 12.1 Å². The van der Waals surface area contributed by atoms with Crippen molar-refractivity contribution >= 4 is 23.6 Å². The van der Waals surface area contributed by atoms with Crippen LogP contribution in [0.5, 0.6) is 0 Å². The molecule has 118 valence electrons. The summed E-state index contributed by atoms with van der Waals surface area (Å²) in [6.45, 7) is -0.927. The molecule has 0 aliphatic carbocycles. The molecule has 1 amide bonds. The predicted molar refractivity (Wildman–Crippen MR) is 74.1 cm³/mol. The summed E-state index contributed by atoms with van der Waals surface area (Å²) >= 11 is 0. The maximum Gasteiger partial charge on any atom is 0.422 e. The highest BCUT2D eigenvalue weighted by molar-refractivity contribution is 5.95. The molecule has 7 heteroatoms. The van der Waals surface area contributed by atoms with Gasteiger partial charge in [0.25, 0.3) is 0 Å². The molecule has 0 atom stereocenters. The smallest absolute Gasteiger partial charge is 0.422 e. The summed E-state index contributed by atoms with van der Waals surface area (Å²) in [7, 11) is 0. The van der Waals surface area contributed by atoms with E-state index in [1.165, 1.54) is 6.08 Å². The molecular weight excluding hydrogens is 299 g/mol. The van der Waals surface area contributed by atoms with Gasteiger partial charge in [-0.25, -0.2) is 4.79 Å². The number of hydrogen-bond acceptors (Lipinski definition) is 3. The number of rotatable bonds is 4. The largest absolute Gasteiger partial charge is 0.453 e. The van der Waals surface area contributed by atoms with Crippen molar-refractivity contribution in [3.63, 3.8) is 0 Å². The van der Waals surface area contributed by atoms with Crippen LogP contribution >= 0.6 is 0 Å². The Morgan fingerprint density at radius 2 is 1.95 bits per heavy atom.